The number of carbonyl (C=O) groups is 1. The maximum atomic E-state index is 12.3. The number of para-hydroxylation sites is 1. The smallest absolute Gasteiger partial charge is 0.294 e. The Morgan fingerprint density at radius 1 is 1.18 bits per heavy atom. The molecule has 0 aliphatic rings. The fraction of sp³-hybridized carbons (Fsp3) is 0.105. The number of benzene rings is 2. The predicted octanol–water partition coefficient (Wildman–Crippen LogP) is 3.48. The molecule has 0 fully saturated rings. The summed E-state index contributed by atoms with van der Waals surface area (Å²) in [6.07, 6.45) is 1.36. The highest BCUT2D eigenvalue weighted by molar-refractivity contribution is 7.80. The first-order valence-corrected chi connectivity index (χ1v) is 9.12. The summed E-state index contributed by atoms with van der Waals surface area (Å²) in [4.78, 5) is 12.3. The number of hydrazine groups is 1. The van der Waals surface area contributed by atoms with Crippen LogP contribution in [-0.4, -0.2) is 25.9 Å². The fourth-order valence-electron chi connectivity index (χ4n) is 2.63. The molecule has 1 aromatic heterocycles. The van der Waals surface area contributed by atoms with Crippen LogP contribution in [0.25, 0.3) is 5.69 Å². The van der Waals surface area contributed by atoms with Crippen LogP contribution in [0.4, 0.5) is 5.69 Å². The third kappa shape index (κ3) is 4.41. The summed E-state index contributed by atoms with van der Waals surface area (Å²) in [6, 6.07) is 12.9. The topological polar surface area (TPSA) is 91.2 Å². The highest BCUT2D eigenvalue weighted by atomic mass is 35.5. The number of aromatic hydroxyl groups is 1. The zero-order valence-electron chi connectivity index (χ0n) is 15.2. The molecule has 0 aliphatic heterocycles. The minimum absolute atomic E-state index is 0.135. The van der Waals surface area contributed by atoms with Crippen LogP contribution in [0.1, 0.15) is 21.6 Å². The number of nitrogens with one attached hydrogen (secondary N) is 3. The lowest BCUT2D eigenvalue weighted by molar-refractivity contribution is 0.0936. The molecule has 1 amide bonds. The highest BCUT2D eigenvalue weighted by Gasteiger charge is 2.17. The zero-order chi connectivity index (χ0) is 20.3. The Balaban J connectivity index is 1.65. The van der Waals surface area contributed by atoms with Crippen molar-refractivity contribution in [3.63, 3.8) is 0 Å². The Hall–Kier alpha value is -3.10. The van der Waals surface area contributed by atoms with E-state index in [2.05, 4.69) is 21.3 Å². The van der Waals surface area contributed by atoms with E-state index in [-0.39, 0.29) is 16.6 Å². The summed E-state index contributed by atoms with van der Waals surface area (Å²) >= 11 is 11.4. The summed E-state index contributed by atoms with van der Waals surface area (Å²) in [7, 11) is 0. The predicted molar refractivity (Wildman–Crippen MR) is 113 cm³/mol. The maximum Gasteiger partial charge on any atom is 0.294 e. The van der Waals surface area contributed by atoms with Gasteiger partial charge in [0.25, 0.3) is 5.91 Å². The quantitative estimate of drug-likeness (QED) is 0.386. The molecule has 9 heteroatoms. The molecule has 0 bridgehead atoms. The van der Waals surface area contributed by atoms with Gasteiger partial charge in [0.05, 0.1) is 22.6 Å². The largest absolute Gasteiger partial charge is 0.504 e. The minimum atomic E-state index is -0.636. The van der Waals surface area contributed by atoms with Gasteiger partial charge in [-0.2, -0.15) is 5.10 Å². The Morgan fingerprint density at radius 3 is 2.57 bits per heavy atom. The number of aromatic nitrogens is 2. The van der Waals surface area contributed by atoms with Crippen LogP contribution in [0.2, 0.25) is 5.02 Å². The number of carbonyl (C=O) groups excluding carboxylic acids is 1. The summed E-state index contributed by atoms with van der Waals surface area (Å²) in [5, 5.41) is 17.7. The molecule has 0 saturated carbocycles. The molecule has 1 heterocycles. The van der Waals surface area contributed by atoms with Gasteiger partial charge in [-0.3, -0.25) is 15.6 Å². The number of halogens is 1. The summed E-state index contributed by atoms with van der Waals surface area (Å²) < 4.78 is 1.41. The van der Waals surface area contributed by atoms with E-state index in [1.165, 1.54) is 10.9 Å². The first kappa shape index (κ1) is 19.7. The SMILES string of the molecule is Cc1cc(C)c(NC(=S)NNC(=O)c2nn(-c3ccccc3)cc2O)c(Cl)c1. The van der Waals surface area contributed by atoms with Crippen molar-refractivity contribution in [3.8, 4) is 11.4 Å². The van der Waals surface area contributed by atoms with E-state index < -0.39 is 5.91 Å². The first-order valence-electron chi connectivity index (χ1n) is 8.33. The van der Waals surface area contributed by atoms with E-state index in [1.807, 2.05) is 44.2 Å². The molecule has 0 aliphatic carbocycles. The molecule has 0 atom stereocenters. The average Bonchev–Trinajstić information content (AvgIpc) is 3.05. The van der Waals surface area contributed by atoms with Crippen molar-refractivity contribution in [2.75, 3.05) is 5.32 Å². The Kier molecular flexibility index (Phi) is 5.81. The molecule has 0 saturated heterocycles. The number of anilines is 1. The highest BCUT2D eigenvalue weighted by Crippen LogP contribution is 2.27. The fourth-order valence-corrected chi connectivity index (χ4v) is 3.15. The van der Waals surface area contributed by atoms with E-state index in [1.54, 1.807) is 12.1 Å². The van der Waals surface area contributed by atoms with Gasteiger partial charge in [-0.15, -0.1) is 0 Å². The van der Waals surface area contributed by atoms with E-state index >= 15 is 0 Å². The van der Waals surface area contributed by atoms with Gasteiger partial charge < -0.3 is 10.4 Å². The van der Waals surface area contributed by atoms with Crippen molar-refractivity contribution in [3.05, 3.63) is 70.5 Å². The Morgan fingerprint density at radius 2 is 1.89 bits per heavy atom. The molecular formula is C19H18ClN5O2S. The van der Waals surface area contributed by atoms with E-state index in [0.717, 1.165) is 11.1 Å². The van der Waals surface area contributed by atoms with Crippen molar-refractivity contribution in [1.82, 2.24) is 20.6 Å². The number of amides is 1. The zero-order valence-corrected chi connectivity index (χ0v) is 16.7. The van der Waals surface area contributed by atoms with Crippen LogP contribution < -0.4 is 16.2 Å². The van der Waals surface area contributed by atoms with Gasteiger partial charge in [0, 0.05) is 0 Å². The van der Waals surface area contributed by atoms with Crippen molar-refractivity contribution in [1.29, 1.82) is 0 Å². The molecule has 7 nitrogen and oxygen atoms in total. The molecule has 144 valence electrons. The summed E-state index contributed by atoms with van der Waals surface area (Å²) in [6.45, 7) is 3.84. The first-order chi connectivity index (χ1) is 13.3. The Labute approximate surface area is 172 Å². The van der Waals surface area contributed by atoms with Crippen molar-refractivity contribution < 1.29 is 9.90 Å². The molecule has 2 aromatic carbocycles. The van der Waals surface area contributed by atoms with Crippen LogP contribution in [0, 0.1) is 13.8 Å². The van der Waals surface area contributed by atoms with Crippen LogP contribution in [0.5, 0.6) is 5.75 Å². The number of nitrogens with zero attached hydrogens (tertiary/aromatic N) is 2. The Bertz CT molecular complexity index is 1010. The summed E-state index contributed by atoms with van der Waals surface area (Å²) in [5.41, 5.74) is 8.16. The van der Waals surface area contributed by atoms with Crippen LogP contribution >= 0.6 is 23.8 Å². The van der Waals surface area contributed by atoms with Gasteiger partial charge in [0.2, 0.25) is 0 Å². The summed E-state index contributed by atoms with van der Waals surface area (Å²) in [5.74, 6) is -0.887. The molecule has 3 aromatic rings. The van der Waals surface area contributed by atoms with Gasteiger partial charge in [-0.25, -0.2) is 4.68 Å². The molecule has 28 heavy (non-hydrogen) atoms. The second-order valence-electron chi connectivity index (χ2n) is 6.11. The third-order valence-corrected chi connectivity index (χ3v) is 4.39. The maximum absolute atomic E-state index is 12.3. The number of hydrogen-bond donors (Lipinski definition) is 4. The second-order valence-corrected chi connectivity index (χ2v) is 6.93. The normalized spacial score (nSPS) is 10.4. The standard InChI is InChI=1S/C19H18ClN5O2S/c1-11-8-12(2)16(14(20)9-11)21-19(28)23-22-18(27)17-15(26)10-25(24-17)13-6-4-3-5-7-13/h3-10,26H,1-2H3,(H,22,27)(H2,21,23,28). The number of hydrogen-bond acceptors (Lipinski definition) is 4. The molecule has 0 spiro atoms. The molecule has 0 unspecified atom stereocenters. The van der Waals surface area contributed by atoms with Crippen molar-refractivity contribution in [2.45, 2.75) is 13.8 Å². The molecule has 3 rings (SSSR count). The van der Waals surface area contributed by atoms with Crippen molar-refractivity contribution >= 4 is 40.5 Å². The lowest BCUT2D eigenvalue weighted by atomic mass is 10.1. The average molecular weight is 416 g/mol. The number of thiocarbonyl (C=S) groups is 1. The minimum Gasteiger partial charge on any atom is -0.504 e. The van der Waals surface area contributed by atoms with E-state index in [0.29, 0.717) is 16.4 Å². The van der Waals surface area contributed by atoms with Gasteiger partial charge in [-0.1, -0.05) is 35.9 Å². The number of aryl methyl sites for hydroxylation is 2. The molecule has 0 radical (unpaired) electrons. The van der Waals surface area contributed by atoms with Crippen LogP contribution in [-0.2, 0) is 0 Å². The monoisotopic (exact) mass is 415 g/mol. The molecule has 4 N–H and O–H groups in total. The van der Waals surface area contributed by atoms with Gasteiger partial charge in [0.1, 0.15) is 0 Å². The van der Waals surface area contributed by atoms with Crippen molar-refractivity contribution in [2.24, 2.45) is 0 Å². The lowest BCUT2D eigenvalue weighted by Crippen LogP contribution is -2.44. The third-order valence-electron chi connectivity index (χ3n) is 3.89. The second kappa shape index (κ2) is 8.28. The van der Waals surface area contributed by atoms with Crippen LogP contribution in [0.3, 0.4) is 0 Å². The lowest BCUT2D eigenvalue weighted by Gasteiger charge is -2.14. The van der Waals surface area contributed by atoms with Gasteiger partial charge in [-0.05, 0) is 55.4 Å². The van der Waals surface area contributed by atoms with Gasteiger partial charge >= 0.3 is 0 Å². The van der Waals surface area contributed by atoms with Gasteiger partial charge in [0.15, 0.2) is 16.6 Å². The van der Waals surface area contributed by atoms with Crippen LogP contribution in [0.15, 0.2) is 48.7 Å². The molecular weight excluding hydrogens is 398 g/mol. The number of rotatable bonds is 3. The van der Waals surface area contributed by atoms with E-state index in [9.17, 15) is 9.90 Å². The van der Waals surface area contributed by atoms with E-state index in [4.69, 9.17) is 23.8 Å².